The summed E-state index contributed by atoms with van der Waals surface area (Å²) in [5, 5.41) is 7.30. The molecule has 0 atom stereocenters. The molecule has 4 aromatic rings. The van der Waals surface area contributed by atoms with Gasteiger partial charge < -0.3 is 4.74 Å². The maximum absolute atomic E-state index is 5.42. The highest BCUT2D eigenvalue weighted by Gasteiger charge is 2.05. The Bertz CT molecular complexity index is 1010. The zero-order chi connectivity index (χ0) is 16.4. The highest BCUT2D eigenvalue weighted by Crippen LogP contribution is 2.28. The first-order valence-corrected chi connectivity index (χ1v) is 8.37. The Morgan fingerprint density at radius 3 is 2.62 bits per heavy atom. The van der Waals surface area contributed by atoms with Crippen LogP contribution in [0.25, 0.3) is 21.0 Å². The van der Waals surface area contributed by atoms with Crippen molar-refractivity contribution in [2.24, 2.45) is 5.10 Å². The third kappa shape index (κ3) is 2.70. The van der Waals surface area contributed by atoms with Gasteiger partial charge in [-0.1, -0.05) is 47.7 Å². The molecule has 0 saturated heterocycles. The van der Waals surface area contributed by atoms with Crippen LogP contribution in [0.5, 0.6) is 5.75 Å². The molecule has 0 spiro atoms. The number of methoxy groups -OCH3 is 1. The summed E-state index contributed by atoms with van der Waals surface area (Å²) >= 11 is 1.59. The maximum Gasteiger partial charge on any atom is 0.204 e. The number of nitrogens with one attached hydrogen (secondary N) is 1. The number of thiazole rings is 1. The minimum Gasteiger partial charge on any atom is -0.496 e. The molecule has 118 valence electrons. The Morgan fingerprint density at radius 1 is 1.00 bits per heavy atom. The molecule has 0 unspecified atom stereocenters. The van der Waals surface area contributed by atoms with Crippen molar-refractivity contribution in [1.29, 1.82) is 0 Å². The SMILES string of the molecule is COc1ccc(/C=N\Nc2nc3ccccc3s2)c2ccccc12. The van der Waals surface area contributed by atoms with Crippen LogP contribution in [0.3, 0.4) is 0 Å². The third-order valence-electron chi connectivity index (χ3n) is 3.80. The van der Waals surface area contributed by atoms with E-state index in [0.717, 1.165) is 37.4 Å². The summed E-state index contributed by atoms with van der Waals surface area (Å²) in [4.78, 5) is 4.51. The van der Waals surface area contributed by atoms with Crippen LogP contribution in [-0.2, 0) is 0 Å². The number of hydrazone groups is 1. The van der Waals surface area contributed by atoms with Crippen molar-refractivity contribution in [3.63, 3.8) is 0 Å². The van der Waals surface area contributed by atoms with Gasteiger partial charge in [-0.25, -0.2) is 4.98 Å². The Morgan fingerprint density at radius 2 is 1.79 bits per heavy atom. The van der Waals surface area contributed by atoms with Gasteiger partial charge in [-0.05, 0) is 29.7 Å². The van der Waals surface area contributed by atoms with Gasteiger partial charge in [0.1, 0.15) is 5.75 Å². The fourth-order valence-electron chi connectivity index (χ4n) is 2.66. The molecule has 3 aromatic carbocycles. The van der Waals surface area contributed by atoms with Gasteiger partial charge in [-0.2, -0.15) is 5.10 Å². The van der Waals surface area contributed by atoms with Gasteiger partial charge in [0.05, 0.1) is 23.5 Å². The van der Waals surface area contributed by atoms with E-state index in [2.05, 4.69) is 27.6 Å². The molecule has 1 N–H and O–H groups in total. The first kappa shape index (κ1) is 14.7. The van der Waals surface area contributed by atoms with E-state index in [0.29, 0.717) is 0 Å². The topological polar surface area (TPSA) is 46.5 Å². The number of benzene rings is 3. The molecule has 24 heavy (non-hydrogen) atoms. The van der Waals surface area contributed by atoms with Crippen molar-refractivity contribution >= 4 is 43.7 Å². The quantitative estimate of drug-likeness (QED) is 0.426. The van der Waals surface area contributed by atoms with Crippen LogP contribution in [0.1, 0.15) is 5.56 Å². The van der Waals surface area contributed by atoms with Gasteiger partial charge in [-0.3, -0.25) is 5.43 Å². The Hall–Kier alpha value is -2.92. The Balaban J connectivity index is 1.63. The van der Waals surface area contributed by atoms with Crippen molar-refractivity contribution in [1.82, 2.24) is 4.98 Å². The molecule has 0 aliphatic heterocycles. The predicted octanol–water partition coefficient (Wildman–Crippen LogP) is 4.90. The van der Waals surface area contributed by atoms with Gasteiger partial charge in [0.2, 0.25) is 5.13 Å². The first-order chi connectivity index (χ1) is 11.8. The van der Waals surface area contributed by atoms with Crippen LogP contribution >= 0.6 is 11.3 Å². The zero-order valence-electron chi connectivity index (χ0n) is 13.1. The average molecular weight is 333 g/mol. The number of hydrogen-bond donors (Lipinski definition) is 1. The van der Waals surface area contributed by atoms with Crippen molar-refractivity contribution in [3.05, 3.63) is 66.2 Å². The maximum atomic E-state index is 5.42. The van der Waals surface area contributed by atoms with Crippen LogP contribution < -0.4 is 10.2 Å². The molecular weight excluding hydrogens is 318 g/mol. The van der Waals surface area contributed by atoms with Crippen molar-refractivity contribution < 1.29 is 4.74 Å². The second-order valence-electron chi connectivity index (χ2n) is 5.26. The predicted molar refractivity (Wildman–Crippen MR) is 101 cm³/mol. The van der Waals surface area contributed by atoms with Crippen LogP contribution in [-0.4, -0.2) is 18.3 Å². The van der Waals surface area contributed by atoms with E-state index in [4.69, 9.17) is 4.74 Å². The number of anilines is 1. The molecule has 4 rings (SSSR count). The molecule has 5 heteroatoms. The summed E-state index contributed by atoms with van der Waals surface area (Å²) in [7, 11) is 1.68. The molecule has 0 saturated carbocycles. The zero-order valence-corrected chi connectivity index (χ0v) is 13.9. The first-order valence-electron chi connectivity index (χ1n) is 7.55. The molecule has 0 radical (unpaired) electrons. The molecule has 0 aliphatic rings. The van der Waals surface area contributed by atoms with E-state index in [-0.39, 0.29) is 0 Å². The fraction of sp³-hybridized carbons (Fsp3) is 0.0526. The largest absolute Gasteiger partial charge is 0.496 e. The Kier molecular flexibility index (Phi) is 3.84. The number of hydrogen-bond acceptors (Lipinski definition) is 5. The van der Waals surface area contributed by atoms with Crippen molar-refractivity contribution in [2.75, 3.05) is 12.5 Å². The van der Waals surface area contributed by atoms with Gasteiger partial charge in [0.25, 0.3) is 0 Å². The van der Waals surface area contributed by atoms with Gasteiger partial charge >= 0.3 is 0 Å². The van der Waals surface area contributed by atoms with E-state index >= 15 is 0 Å². The van der Waals surface area contributed by atoms with Crippen LogP contribution in [0.4, 0.5) is 5.13 Å². The standard InChI is InChI=1S/C19H15N3OS/c1-23-17-11-10-13(14-6-2-3-7-15(14)17)12-20-22-19-21-16-8-4-5-9-18(16)24-19/h2-12H,1H3,(H,21,22)/b20-12-. The number of nitrogens with zero attached hydrogens (tertiary/aromatic N) is 2. The van der Waals surface area contributed by atoms with Gasteiger partial charge in [0.15, 0.2) is 0 Å². The van der Waals surface area contributed by atoms with E-state index in [1.54, 1.807) is 18.4 Å². The van der Waals surface area contributed by atoms with E-state index in [9.17, 15) is 0 Å². The van der Waals surface area contributed by atoms with Gasteiger partial charge in [0, 0.05) is 10.9 Å². The smallest absolute Gasteiger partial charge is 0.204 e. The Labute approximate surface area is 143 Å². The van der Waals surface area contributed by atoms with E-state index in [1.807, 2.05) is 54.7 Å². The molecule has 0 amide bonds. The molecule has 1 aromatic heterocycles. The van der Waals surface area contributed by atoms with E-state index < -0.39 is 0 Å². The molecular formula is C19H15N3OS. The summed E-state index contributed by atoms with van der Waals surface area (Å²) < 4.78 is 6.57. The number of para-hydroxylation sites is 1. The summed E-state index contributed by atoms with van der Waals surface area (Å²) in [6.45, 7) is 0. The highest BCUT2D eigenvalue weighted by molar-refractivity contribution is 7.22. The summed E-state index contributed by atoms with van der Waals surface area (Å²) in [6, 6.07) is 20.1. The molecule has 0 bridgehead atoms. The summed E-state index contributed by atoms with van der Waals surface area (Å²) in [6.07, 6.45) is 1.81. The highest BCUT2D eigenvalue weighted by atomic mass is 32.1. The number of aromatic nitrogens is 1. The van der Waals surface area contributed by atoms with Crippen molar-refractivity contribution in [3.8, 4) is 5.75 Å². The number of ether oxygens (including phenoxy) is 1. The normalized spacial score (nSPS) is 11.4. The third-order valence-corrected chi connectivity index (χ3v) is 4.74. The lowest BCUT2D eigenvalue weighted by Gasteiger charge is -2.07. The second kappa shape index (κ2) is 6.29. The minimum atomic E-state index is 0.783. The molecule has 1 heterocycles. The second-order valence-corrected chi connectivity index (χ2v) is 6.29. The van der Waals surface area contributed by atoms with Crippen molar-refractivity contribution in [2.45, 2.75) is 0 Å². The minimum absolute atomic E-state index is 0.783. The lowest BCUT2D eigenvalue weighted by molar-refractivity contribution is 0.420. The molecule has 0 aliphatic carbocycles. The lowest BCUT2D eigenvalue weighted by atomic mass is 10.0. The fourth-order valence-corrected chi connectivity index (χ4v) is 3.48. The molecule has 0 fully saturated rings. The number of rotatable bonds is 4. The van der Waals surface area contributed by atoms with Crippen LogP contribution in [0.2, 0.25) is 0 Å². The van der Waals surface area contributed by atoms with E-state index in [1.165, 1.54) is 0 Å². The lowest BCUT2D eigenvalue weighted by Crippen LogP contribution is -1.92. The summed E-state index contributed by atoms with van der Waals surface area (Å²) in [5.74, 6) is 0.863. The van der Waals surface area contributed by atoms with Gasteiger partial charge in [-0.15, -0.1) is 0 Å². The molecule has 4 nitrogen and oxygen atoms in total. The number of fused-ring (bicyclic) bond motifs is 2. The van der Waals surface area contributed by atoms with Crippen LogP contribution in [0, 0.1) is 0 Å². The average Bonchev–Trinajstić information content (AvgIpc) is 3.04. The summed E-state index contributed by atoms with van der Waals surface area (Å²) in [5.41, 5.74) is 5.03. The van der Waals surface area contributed by atoms with Crippen LogP contribution in [0.15, 0.2) is 65.8 Å². The monoisotopic (exact) mass is 333 g/mol.